The quantitative estimate of drug-likeness (QED) is 0.754. The summed E-state index contributed by atoms with van der Waals surface area (Å²) in [6.07, 6.45) is -1.04. The molecule has 1 saturated heterocycles. The van der Waals surface area contributed by atoms with Crippen LogP contribution in [0.15, 0.2) is 23.1 Å². The maximum absolute atomic E-state index is 12.2. The lowest BCUT2D eigenvalue weighted by Crippen LogP contribution is -2.24. The molecule has 0 saturated carbocycles. The Hall–Kier alpha value is -1.64. The maximum Gasteiger partial charge on any atom is 0.347 e. The van der Waals surface area contributed by atoms with E-state index in [4.69, 9.17) is 21.1 Å². The number of benzene rings is 1. The van der Waals surface area contributed by atoms with Crippen LogP contribution in [0.5, 0.6) is 0 Å². The van der Waals surface area contributed by atoms with E-state index in [2.05, 4.69) is 0 Å². The third-order valence-electron chi connectivity index (χ3n) is 3.30. The Kier molecular flexibility index (Phi) is 4.98. The van der Waals surface area contributed by atoms with Gasteiger partial charge in [-0.25, -0.2) is 22.3 Å². The standard InChI is InChI=1S/C14H16ClNO6S/c1-8-6-11(14(18)21-8)22-13(17)9-4-5-10(15)12(7-9)23(19,20)16(2)3/h4-5,7-8,11H,6H2,1-3H3/t8-,11-/m0/s1. The maximum atomic E-state index is 12.2. The normalized spacial score (nSPS) is 21.3. The molecule has 126 valence electrons. The summed E-state index contributed by atoms with van der Waals surface area (Å²) in [6, 6.07) is 3.76. The summed E-state index contributed by atoms with van der Waals surface area (Å²) < 4.78 is 35.3. The van der Waals surface area contributed by atoms with Gasteiger partial charge in [-0.15, -0.1) is 0 Å². The lowest BCUT2D eigenvalue weighted by Gasteiger charge is -2.14. The first-order chi connectivity index (χ1) is 10.6. The van der Waals surface area contributed by atoms with Crippen molar-refractivity contribution in [2.75, 3.05) is 14.1 Å². The van der Waals surface area contributed by atoms with Crippen LogP contribution in [0.3, 0.4) is 0 Å². The molecule has 0 N–H and O–H groups in total. The van der Waals surface area contributed by atoms with Crippen molar-refractivity contribution in [1.82, 2.24) is 4.31 Å². The average molecular weight is 362 g/mol. The summed E-state index contributed by atoms with van der Waals surface area (Å²) >= 11 is 5.91. The summed E-state index contributed by atoms with van der Waals surface area (Å²) in [5, 5.41) is -0.0100. The number of esters is 2. The summed E-state index contributed by atoms with van der Waals surface area (Å²) in [6.45, 7) is 1.69. The van der Waals surface area contributed by atoms with Crippen molar-refractivity contribution in [2.45, 2.75) is 30.4 Å². The predicted molar refractivity (Wildman–Crippen MR) is 81.7 cm³/mol. The molecule has 1 aromatic carbocycles. The van der Waals surface area contributed by atoms with Gasteiger partial charge in [-0.2, -0.15) is 0 Å². The van der Waals surface area contributed by atoms with E-state index in [9.17, 15) is 18.0 Å². The molecule has 0 bridgehead atoms. The lowest BCUT2D eigenvalue weighted by atomic mass is 10.2. The molecule has 0 unspecified atom stereocenters. The van der Waals surface area contributed by atoms with Crippen molar-refractivity contribution < 1.29 is 27.5 Å². The number of ether oxygens (including phenoxy) is 2. The van der Waals surface area contributed by atoms with Gasteiger partial charge in [0.2, 0.25) is 16.1 Å². The summed E-state index contributed by atoms with van der Waals surface area (Å²) in [7, 11) is -1.10. The minimum absolute atomic E-state index is 0.0100. The van der Waals surface area contributed by atoms with Gasteiger partial charge in [0.05, 0.1) is 10.6 Å². The Balaban J connectivity index is 2.27. The number of rotatable bonds is 4. The van der Waals surface area contributed by atoms with Gasteiger partial charge in [0, 0.05) is 20.5 Å². The van der Waals surface area contributed by atoms with Crippen LogP contribution in [0.1, 0.15) is 23.7 Å². The van der Waals surface area contributed by atoms with Crippen molar-refractivity contribution in [3.8, 4) is 0 Å². The molecule has 0 aromatic heterocycles. The number of halogens is 1. The third kappa shape index (κ3) is 3.65. The zero-order valence-corrected chi connectivity index (χ0v) is 14.3. The molecular formula is C14H16ClNO6S. The summed E-state index contributed by atoms with van der Waals surface area (Å²) in [4.78, 5) is 23.4. The van der Waals surface area contributed by atoms with Gasteiger partial charge in [0.1, 0.15) is 11.0 Å². The van der Waals surface area contributed by atoms with Crippen LogP contribution < -0.4 is 0 Å². The van der Waals surface area contributed by atoms with E-state index in [-0.39, 0.29) is 28.0 Å². The van der Waals surface area contributed by atoms with Gasteiger partial charge in [0.15, 0.2) is 0 Å². The fourth-order valence-corrected chi connectivity index (χ4v) is 3.43. The molecule has 23 heavy (non-hydrogen) atoms. The van der Waals surface area contributed by atoms with Gasteiger partial charge in [-0.3, -0.25) is 0 Å². The molecule has 9 heteroatoms. The molecule has 1 aliphatic heterocycles. The fourth-order valence-electron chi connectivity index (χ4n) is 2.04. The Morgan fingerprint density at radius 2 is 2.04 bits per heavy atom. The Labute approximate surface area is 139 Å². The number of carbonyl (C=O) groups is 2. The van der Waals surface area contributed by atoms with Crippen molar-refractivity contribution in [1.29, 1.82) is 0 Å². The molecule has 0 amide bonds. The lowest BCUT2D eigenvalue weighted by molar-refractivity contribution is -0.147. The van der Waals surface area contributed by atoms with Gasteiger partial charge < -0.3 is 9.47 Å². The van der Waals surface area contributed by atoms with Gasteiger partial charge in [-0.05, 0) is 25.1 Å². The molecule has 2 rings (SSSR count). The largest absolute Gasteiger partial charge is 0.460 e. The zero-order valence-electron chi connectivity index (χ0n) is 12.8. The Bertz CT molecular complexity index is 746. The fraction of sp³-hybridized carbons (Fsp3) is 0.429. The van der Waals surface area contributed by atoms with E-state index in [1.807, 2.05) is 0 Å². The Morgan fingerprint density at radius 3 is 2.57 bits per heavy atom. The minimum Gasteiger partial charge on any atom is -0.460 e. The van der Waals surface area contributed by atoms with Crippen LogP contribution in [0.25, 0.3) is 0 Å². The molecular weight excluding hydrogens is 346 g/mol. The highest BCUT2D eigenvalue weighted by Crippen LogP contribution is 2.26. The van der Waals surface area contributed by atoms with Gasteiger partial charge in [0.25, 0.3) is 0 Å². The zero-order chi connectivity index (χ0) is 17.4. The molecule has 1 aliphatic rings. The van der Waals surface area contributed by atoms with Crippen LogP contribution >= 0.6 is 11.6 Å². The Morgan fingerprint density at radius 1 is 1.39 bits per heavy atom. The molecule has 0 aliphatic carbocycles. The van der Waals surface area contributed by atoms with Crippen molar-refractivity contribution >= 4 is 33.6 Å². The minimum atomic E-state index is -3.81. The summed E-state index contributed by atoms with van der Waals surface area (Å²) in [5.41, 5.74) is -0.0119. The van der Waals surface area contributed by atoms with Crippen LogP contribution in [0, 0.1) is 0 Å². The number of cyclic esters (lactones) is 1. The van der Waals surface area contributed by atoms with E-state index < -0.39 is 28.1 Å². The first kappa shape index (κ1) is 17.7. The van der Waals surface area contributed by atoms with E-state index >= 15 is 0 Å². The number of sulfonamides is 1. The number of hydrogen-bond acceptors (Lipinski definition) is 6. The second kappa shape index (κ2) is 6.46. The summed E-state index contributed by atoms with van der Waals surface area (Å²) in [5.74, 6) is -1.42. The first-order valence-corrected chi connectivity index (χ1v) is 8.58. The van der Waals surface area contributed by atoms with Crippen molar-refractivity contribution in [3.63, 3.8) is 0 Å². The molecule has 2 atom stereocenters. The number of carbonyl (C=O) groups excluding carboxylic acids is 2. The highest BCUT2D eigenvalue weighted by Gasteiger charge is 2.35. The molecule has 0 spiro atoms. The van der Waals surface area contributed by atoms with E-state index in [0.29, 0.717) is 0 Å². The number of hydrogen-bond donors (Lipinski definition) is 0. The van der Waals surface area contributed by atoms with Crippen LogP contribution in [-0.2, 0) is 24.3 Å². The van der Waals surface area contributed by atoms with Gasteiger partial charge >= 0.3 is 11.9 Å². The smallest absolute Gasteiger partial charge is 0.347 e. The van der Waals surface area contributed by atoms with E-state index in [1.165, 1.54) is 26.2 Å². The molecule has 0 radical (unpaired) electrons. The van der Waals surface area contributed by atoms with E-state index in [1.54, 1.807) is 6.92 Å². The third-order valence-corrected chi connectivity index (χ3v) is 5.60. The second-order valence-corrected chi connectivity index (χ2v) is 7.84. The molecule has 1 aromatic rings. The van der Waals surface area contributed by atoms with E-state index in [0.717, 1.165) is 10.4 Å². The van der Waals surface area contributed by atoms with Crippen molar-refractivity contribution in [3.05, 3.63) is 28.8 Å². The second-order valence-electron chi connectivity index (χ2n) is 5.31. The number of nitrogens with zero attached hydrogens (tertiary/aromatic N) is 1. The van der Waals surface area contributed by atoms with Gasteiger partial charge in [-0.1, -0.05) is 11.6 Å². The molecule has 7 nitrogen and oxygen atoms in total. The SMILES string of the molecule is C[C@H]1C[C@H](OC(=O)c2ccc(Cl)c(S(=O)(=O)N(C)C)c2)C(=O)O1. The monoisotopic (exact) mass is 361 g/mol. The molecule has 1 heterocycles. The predicted octanol–water partition coefficient (Wildman–Crippen LogP) is 1.45. The highest BCUT2D eigenvalue weighted by molar-refractivity contribution is 7.89. The highest BCUT2D eigenvalue weighted by atomic mass is 35.5. The topological polar surface area (TPSA) is 90.0 Å². The van der Waals surface area contributed by atoms with Crippen LogP contribution in [0.2, 0.25) is 5.02 Å². The molecule has 1 fully saturated rings. The van der Waals surface area contributed by atoms with Crippen LogP contribution in [-0.4, -0.2) is 51.0 Å². The first-order valence-electron chi connectivity index (χ1n) is 6.76. The van der Waals surface area contributed by atoms with Crippen molar-refractivity contribution in [2.24, 2.45) is 0 Å². The van der Waals surface area contributed by atoms with Crippen LogP contribution in [0.4, 0.5) is 0 Å². The average Bonchev–Trinajstić information content (AvgIpc) is 2.76.